The number of hydrogen-bond acceptors (Lipinski definition) is 4. The van der Waals surface area contributed by atoms with Crippen LogP contribution in [0.15, 0.2) is 195 Å². The highest BCUT2D eigenvalue weighted by Gasteiger charge is 2.51. The molecule has 11 aromatic rings. The lowest BCUT2D eigenvalue weighted by atomic mass is 9.97. The van der Waals surface area contributed by atoms with Crippen LogP contribution in [-0.4, -0.2) is 22.4 Å². The van der Waals surface area contributed by atoms with Crippen molar-refractivity contribution in [1.29, 1.82) is 0 Å². The molecule has 5 heterocycles. The van der Waals surface area contributed by atoms with E-state index in [1.165, 1.54) is 40.9 Å². The third-order valence-electron chi connectivity index (χ3n) is 12.0. The van der Waals surface area contributed by atoms with Crippen molar-refractivity contribution < 1.29 is 4.39 Å². The van der Waals surface area contributed by atoms with E-state index in [2.05, 4.69) is 137 Å². The number of pyridine rings is 2. The van der Waals surface area contributed by atoms with Gasteiger partial charge in [0.15, 0.2) is 14.2 Å². The van der Waals surface area contributed by atoms with Crippen molar-refractivity contribution in [2.45, 2.75) is 6.17 Å². The molecule has 1 aliphatic rings. The van der Waals surface area contributed by atoms with Gasteiger partial charge in [0.2, 0.25) is 0 Å². The second-order valence-corrected chi connectivity index (χ2v) is 19.8. The van der Waals surface area contributed by atoms with Crippen LogP contribution in [0.4, 0.5) is 21.6 Å². The Morgan fingerprint density at radius 2 is 1.29 bits per heavy atom. The van der Waals surface area contributed by atoms with E-state index >= 15 is 4.39 Å². The van der Waals surface area contributed by atoms with Crippen molar-refractivity contribution in [2.24, 2.45) is 0 Å². The summed E-state index contributed by atoms with van der Waals surface area (Å²) in [6.07, 6.45) is 4.31. The number of anilines is 3. The number of thiophene rings is 1. The molecule has 4 nitrogen and oxygen atoms in total. The van der Waals surface area contributed by atoms with Gasteiger partial charge in [-0.15, -0.1) is 11.3 Å². The first kappa shape index (κ1) is 33.2. The second-order valence-electron chi connectivity index (χ2n) is 15.0. The summed E-state index contributed by atoms with van der Waals surface area (Å²) in [5.74, 6) is 0.875. The van der Waals surface area contributed by atoms with E-state index in [0.717, 1.165) is 44.5 Å². The van der Waals surface area contributed by atoms with Crippen LogP contribution in [0, 0.1) is 0 Å². The SMILES string of the molecule is FC(c1cccc(N2c3ccc4sc5ccccc5c4c3[Si](c3ccccc3)(c3ccccc3)c3cccnc32)c1)c1ccc2c3ccccc3n3ccnc3c2c1. The molecule has 0 N–H and O–H groups in total. The van der Waals surface area contributed by atoms with E-state index < -0.39 is 14.2 Å². The van der Waals surface area contributed by atoms with Gasteiger partial charge >= 0.3 is 0 Å². The standard InChI is InChI=1S/C51H33FN4SSi/c52-48(34-24-25-38-39-19-7-9-21-42(39)55-30-29-54-50(55)41(38)32-34)33-13-11-14-35(31-33)56-43-26-27-45-47(40-20-8-10-22-44(40)57-45)49(43)58(36-15-3-1-4-16-36,37-17-5-2-6-18-37)46-23-12-28-53-51(46)56/h1-32,48H. The first-order valence-corrected chi connectivity index (χ1v) is 22.3. The molecular formula is C51H33FN4SSi. The van der Waals surface area contributed by atoms with Crippen LogP contribution in [0.5, 0.6) is 0 Å². The van der Waals surface area contributed by atoms with Crippen molar-refractivity contribution in [3.05, 3.63) is 206 Å². The molecule has 58 heavy (non-hydrogen) atoms. The quantitative estimate of drug-likeness (QED) is 0.129. The number of aromatic nitrogens is 3. The zero-order chi connectivity index (χ0) is 38.4. The Bertz CT molecular complexity index is 3360. The maximum atomic E-state index is 17.2. The first-order chi connectivity index (χ1) is 28.7. The molecule has 0 radical (unpaired) electrons. The summed E-state index contributed by atoms with van der Waals surface area (Å²) in [7, 11) is -3.03. The van der Waals surface area contributed by atoms with Crippen molar-refractivity contribution in [2.75, 3.05) is 4.90 Å². The molecule has 0 bridgehead atoms. The molecule has 1 atom stereocenters. The third kappa shape index (κ3) is 4.65. The topological polar surface area (TPSA) is 33.4 Å². The fourth-order valence-electron chi connectivity index (χ4n) is 9.65. The average molecular weight is 781 g/mol. The normalized spacial score (nSPS) is 14.0. The summed E-state index contributed by atoms with van der Waals surface area (Å²) in [5.41, 5.74) is 5.02. The van der Waals surface area contributed by atoms with E-state index in [9.17, 15) is 0 Å². The van der Waals surface area contributed by atoms with E-state index in [0.29, 0.717) is 11.1 Å². The van der Waals surface area contributed by atoms with Gasteiger partial charge in [0.25, 0.3) is 0 Å². The number of alkyl halides is 1. The van der Waals surface area contributed by atoms with Gasteiger partial charge in [0.05, 0.1) is 5.52 Å². The van der Waals surface area contributed by atoms with Crippen LogP contribution in [0.3, 0.4) is 0 Å². The Morgan fingerprint density at radius 1 is 0.552 bits per heavy atom. The molecule has 0 spiro atoms. The minimum absolute atomic E-state index is 0.582. The van der Waals surface area contributed by atoms with Gasteiger partial charge in [-0.25, -0.2) is 14.4 Å². The number of benzene rings is 7. The molecule has 7 aromatic carbocycles. The number of halogens is 1. The summed E-state index contributed by atoms with van der Waals surface area (Å²) in [5, 5.41) is 10.8. The highest BCUT2D eigenvalue weighted by molar-refractivity contribution is 7.28. The summed E-state index contributed by atoms with van der Waals surface area (Å²) in [6.45, 7) is 0. The average Bonchev–Trinajstić information content (AvgIpc) is 3.95. The molecule has 0 aliphatic carbocycles. The molecule has 1 unspecified atom stereocenters. The first-order valence-electron chi connectivity index (χ1n) is 19.5. The molecule has 274 valence electrons. The fourth-order valence-corrected chi connectivity index (χ4v) is 16.1. The van der Waals surface area contributed by atoms with E-state index in [-0.39, 0.29) is 0 Å². The zero-order valence-corrected chi connectivity index (χ0v) is 32.9. The Labute approximate surface area is 338 Å². The van der Waals surface area contributed by atoms with Gasteiger partial charge in [0.1, 0.15) is 11.5 Å². The van der Waals surface area contributed by atoms with Gasteiger partial charge in [0, 0.05) is 60.9 Å². The smallest absolute Gasteiger partial charge is 0.187 e. The minimum Gasteiger partial charge on any atom is -0.299 e. The molecule has 0 amide bonds. The third-order valence-corrected chi connectivity index (χ3v) is 18.0. The lowest BCUT2D eigenvalue weighted by molar-refractivity contribution is 0.402. The fraction of sp³-hybridized carbons (Fsp3) is 0.0196. The van der Waals surface area contributed by atoms with Crippen molar-refractivity contribution >= 4 is 105 Å². The van der Waals surface area contributed by atoms with Crippen LogP contribution in [-0.2, 0) is 0 Å². The lowest BCUT2D eigenvalue weighted by Gasteiger charge is -2.44. The Balaban J connectivity index is 1.10. The van der Waals surface area contributed by atoms with Gasteiger partial charge in [-0.2, -0.15) is 0 Å². The van der Waals surface area contributed by atoms with Crippen LogP contribution in [0.25, 0.3) is 47.5 Å². The number of rotatable bonds is 5. The Morgan fingerprint density at radius 3 is 2.12 bits per heavy atom. The maximum Gasteiger partial charge on any atom is 0.187 e. The monoisotopic (exact) mass is 780 g/mol. The summed E-state index contributed by atoms with van der Waals surface area (Å²) >= 11 is 1.84. The molecule has 0 saturated carbocycles. The summed E-state index contributed by atoms with van der Waals surface area (Å²) in [6, 6.07) is 62.0. The summed E-state index contributed by atoms with van der Waals surface area (Å²) < 4.78 is 21.8. The second kappa shape index (κ2) is 12.8. The van der Waals surface area contributed by atoms with Crippen LogP contribution < -0.4 is 25.6 Å². The number of imidazole rings is 1. The van der Waals surface area contributed by atoms with Crippen LogP contribution >= 0.6 is 11.3 Å². The predicted octanol–water partition coefficient (Wildman–Crippen LogP) is 10.6. The number of para-hydroxylation sites is 1. The molecular weight excluding hydrogens is 748 g/mol. The van der Waals surface area contributed by atoms with Gasteiger partial charge in [-0.05, 0) is 85.8 Å². The predicted molar refractivity (Wildman–Crippen MR) is 242 cm³/mol. The van der Waals surface area contributed by atoms with E-state index in [1.807, 2.05) is 78.5 Å². The highest BCUT2D eigenvalue weighted by Crippen LogP contribution is 2.44. The molecule has 4 aromatic heterocycles. The molecule has 0 fully saturated rings. The Hall–Kier alpha value is -6.93. The highest BCUT2D eigenvalue weighted by atomic mass is 32.1. The number of hydrogen-bond donors (Lipinski definition) is 0. The van der Waals surface area contributed by atoms with Gasteiger partial charge in [-0.3, -0.25) is 9.30 Å². The number of fused-ring (bicyclic) bond motifs is 12. The Kier molecular flexibility index (Phi) is 7.33. The van der Waals surface area contributed by atoms with Crippen molar-refractivity contribution in [1.82, 2.24) is 14.4 Å². The van der Waals surface area contributed by atoms with E-state index in [1.54, 1.807) is 0 Å². The largest absolute Gasteiger partial charge is 0.299 e. The molecule has 0 saturated heterocycles. The molecule has 12 rings (SSSR count). The van der Waals surface area contributed by atoms with Crippen LogP contribution in [0.2, 0.25) is 0 Å². The van der Waals surface area contributed by atoms with Gasteiger partial charge in [-0.1, -0.05) is 127 Å². The molecule has 7 heteroatoms. The number of nitrogens with zero attached hydrogens (tertiary/aromatic N) is 4. The summed E-state index contributed by atoms with van der Waals surface area (Å²) in [4.78, 5) is 12.2. The van der Waals surface area contributed by atoms with Crippen LogP contribution in [0.1, 0.15) is 17.3 Å². The molecule has 1 aliphatic heterocycles. The van der Waals surface area contributed by atoms with Gasteiger partial charge < -0.3 is 0 Å². The minimum atomic E-state index is -3.03. The van der Waals surface area contributed by atoms with Crippen molar-refractivity contribution in [3.8, 4) is 0 Å². The maximum absolute atomic E-state index is 17.2. The zero-order valence-electron chi connectivity index (χ0n) is 31.1. The lowest BCUT2D eigenvalue weighted by Crippen LogP contribution is -2.77. The van der Waals surface area contributed by atoms with Crippen molar-refractivity contribution in [3.63, 3.8) is 0 Å². The van der Waals surface area contributed by atoms with E-state index in [4.69, 9.17) is 9.97 Å².